The molecule has 0 aromatic heterocycles. The predicted octanol–water partition coefficient (Wildman–Crippen LogP) is 3.64. The standard InChI is InChI=1S/C6H2BrClFNO/c7-3-1-4(8)6(10-11)5(9)2-3/h1-2H. The first-order valence-electron chi connectivity index (χ1n) is 2.63. The van der Waals surface area contributed by atoms with E-state index in [0.717, 1.165) is 6.07 Å². The van der Waals surface area contributed by atoms with Gasteiger partial charge in [0.2, 0.25) is 0 Å². The number of hydrogen-bond acceptors (Lipinski definition) is 2. The van der Waals surface area contributed by atoms with Crippen molar-refractivity contribution in [2.24, 2.45) is 5.18 Å². The molecule has 0 aliphatic carbocycles. The third kappa shape index (κ3) is 1.75. The van der Waals surface area contributed by atoms with Gasteiger partial charge in [-0.25, -0.2) is 4.39 Å². The van der Waals surface area contributed by atoms with Crippen LogP contribution < -0.4 is 0 Å². The van der Waals surface area contributed by atoms with Crippen molar-refractivity contribution in [2.45, 2.75) is 0 Å². The van der Waals surface area contributed by atoms with E-state index < -0.39 is 5.82 Å². The van der Waals surface area contributed by atoms with Crippen LogP contribution in [-0.4, -0.2) is 0 Å². The van der Waals surface area contributed by atoms with Gasteiger partial charge < -0.3 is 0 Å². The summed E-state index contributed by atoms with van der Waals surface area (Å²) < 4.78 is 13.2. The number of nitrogens with zero attached hydrogens (tertiary/aromatic N) is 1. The molecule has 0 fully saturated rings. The number of benzene rings is 1. The summed E-state index contributed by atoms with van der Waals surface area (Å²) in [5, 5.41) is 2.44. The van der Waals surface area contributed by atoms with E-state index in [2.05, 4.69) is 21.1 Å². The van der Waals surface area contributed by atoms with Gasteiger partial charge in [0.1, 0.15) is 0 Å². The Hall–Kier alpha value is -0.480. The predicted molar refractivity (Wildman–Crippen MR) is 44.6 cm³/mol. The van der Waals surface area contributed by atoms with E-state index in [0.29, 0.717) is 4.47 Å². The molecule has 0 heterocycles. The Morgan fingerprint density at radius 2 is 2.18 bits per heavy atom. The molecular weight excluding hydrogens is 236 g/mol. The summed E-state index contributed by atoms with van der Waals surface area (Å²) >= 11 is 8.48. The quantitative estimate of drug-likeness (QED) is 0.687. The molecule has 1 rings (SSSR count). The number of hydrogen-bond donors (Lipinski definition) is 0. The van der Waals surface area contributed by atoms with Crippen molar-refractivity contribution in [1.29, 1.82) is 0 Å². The fourth-order valence-electron chi connectivity index (χ4n) is 0.622. The van der Waals surface area contributed by atoms with Crippen LogP contribution in [0.25, 0.3) is 0 Å². The van der Waals surface area contributed by atoms with Gasteiger partial charge in [-0.1, -0.05) is 27.5 Å². The second-order valence-electron chi connectivity index (χ2n) is 1.81. The lowest BCUT2D eigenvalue weighted by Crippen LogP contribution is -1.76. The zero-order valence-electron chi connectivity index (χ0n) is 5.14. The van der Waals surface area contributed by atoms with Crippen LogP contribution in [0.3, 0.4) is 0 Å². The second-order valence-corrected chi connectivity index (χ2v) is 3.13. The van der Waals surface area contributed by atoms with E-state index >= 15 is 0 Å². The van der Waals surface area contributed by atoms with Crippen LogP contribution >= 0.6 is 27.5 Å². The number of halogens is 3. The van der Waals surface area contributed by atoms with E-state index in [1.807, 2.05) is 0 Å². The molecule has 0 atom stereocenters. The Kier molecular flexibility index (Phi) is 2.57. The first-order chi connectivity index (χ1) is 5.15. The summed E-state index contributed by atoms with van der Waals surface area (Å²) in [7, 11) is 0. The molecule has 0 saturated carbocycles. The van der Waals surface area contributed by atoms with Gasteiger partial charge >= 0.3 is 0 Å². The zero-order chi connectivity index (χ0) is 8.43. The van der Waals surface area contributed by atoms with Crippen molar-refractivity contribution in [3.05, 3.63) is 32.4 Å². The summed E-state index contributed by atoms with van der Waals surface area (Å²) in [6.07, 6.45) is 0. The molecule has 11 heavy (non-hydrogen) atoms. The minimum atomic E-state index is -0.723. The zero-order valence-corrected chi connectivity index (χ0v) is 7.49. The molecule has 0 spiro atoms. The number of rotatable bonds is 1. The summed E-state index contributed by atoms with van der Waals surface area (Å²) in [5.41, 5.74) is -0.352. The molecule has 1 aromatic carbocycles. The minimum Gasteiger partial charge on any atom is -0.204 e. The van der Waals surface area contributed by atoms with Crippen molar-refractivity contribution >= 4 is 33.2 Å². The Balaban J connectivity index is 3.36. The van der Waals surface area contributed by atoms with Crippen LogP contribution in [0.4, 0.5) is 10.1 Å². The van der Waals surface area contributed by atoms with E-state index in [9.17, 15) is 9.30 Å². The highest BCUT2D eigenvalue weighted by molar-refractivity contribution is 9.10. The third-order valence-corrected chi connectivity index (χ3v) is 1.82. The minimum absolute atomic E-state index is 0.00637. The lowest BCUT2D eigenvalue weighted by atomic mass is 10.3. The Bertz CT molecular complexity index is 282. The first kappa shape index (κ1) is 8.62. The van der Waals surface area contributed by atoms with Crippen molar-refractivity contribution < 1.29 is 4.39 Å². The van der Waals surface area contributed by atoms with Gasteiger partial charge in [0.05, 0.1) is 5.02 Å². The second kappa shape index (κ2) is 3.28. The fourth-order valence-corrected chi connectivity index (χ4v) is 1.43. The molecule has 58 valence electrons. The summed E-state index contributed by atoms with van der Waals surface area (Å²) in [6, 6.07) is 2.53. The van der Waals surface area contributed by atoms with Crippen LogP contribution in [0, 0.1) is 10.7 Å². The lowest BCUT2D eigenvalue weighted by molar-refractivity contribution is 0.629. The largest absolute Gasteiger partial charge is 0.204 e. The Labute approximate surface area is 75.5 Å². The van der Waals surface area contributed by atoms with Gasteiger partial charge in [-0.2, -0.15) is 0 Å². The molecule has 0 aliphatic heterocycles. The molecule has 2 nitrogen and oxygen atoms in total. The van der Waals surface area contributed by atoms with E-state index in [1.165, 1.54) is 6.07 Å². The molecule has 0 N–H and O–H groups in total. The van der Waals surface area contributed by atoms with E-state index in [4.69, 9.17) is 11.6 Å². The Morgan fingerprint density at radius 1 is 1.55 bits per heavy atom. The fraction of sp³-hybridized carbons (Fsp3) is 0. The summed E-state index contributed by atoms with van der Waals surface area (Å²) in [6.45, 7) is 0. The molecule has 0 aliphatic rings. The monoisotopic (exact) mass is 237 g/mol. The van der Waals surface area contributed by atoms with Gasteiger partial charge in [-0.3, -0.25) is 0 Å². The third-order valence-electron chi connectivity index (χ3n) is 1.07. The van der Waals surface area contributed by atoms with Crippen LogP contribution in [0.15, 0.2) is 21.8 Å². The summed E-state index contributed by atoms with van der Waals surface area (Å²) in [4.78, 5) is 9.97. The average Bonchev–Trinajstić information content (AvgIpc) is 1.85. The molecule has 0 radical (unpaired) electrons. The van der Waals surface area contributed by atoms with Crippen LogP contribution in [0.5, 0.6) is 0 Å². The number of nitroso groups, excluding NO2 is 1. The molecule has 0 saturated heterocycles. The highest BCUT2D eigenvalue weighted by atomic mass is 79.9. The summed E-state index contributed by atoms with van der Waals surface area (Å²) in [5.74, 6) is -0.723. The van der Waals surface area contributed by atoms with E-state index in [-0.39, 0.29) is 10.7 Å². The van der Waals surface area contributed by atoms with Gasteiger partial charge in [-0.15, -0.1) is 4.91 Å². The van der Waals surface area contributed by atoms with Gasteiger partial charge in [-0.05, 0) is 17.3 Å². The van der Waals surface area contributed by atoms with Gasteiger partial charge in [0.15, 0.2) is 11.5 Å². The topological polar surface area (TPSA) is 29.4 Å². The normalized spacial score (nSPS) is 9.73. The van der Waals surface area contributed by atoms with Crippen molar-refractivity contribution in [1.82, 2.24) is 0 Å². The molecule has 0 bridgehead atoms. The van der Waals surface area contributed by atoms with Crippen molar-refractivity contribution in [3.8, 4) is 0 Å². The lowest BCUT2D eigenvalue weighted by Gasteiger charge is -1.96. The van der Waals surface area contributed by atoms with Crippen molar-refractivity contribution in [3.63, 3.8) is 0 Å². The maximum atomic E-state index is 12.7. The molecular formula is C6H2BrClFNO. The van der Waals surface area contributed by atoms with Crippen molar-refractivity contribution in [2.75, 3.05) is 0 Å². The molecule has 0 amide bonds. The Morgan fingerprint density at radius 3 is 2.64 bits per heavy atom. The van der Waals surface area contributed by atoms with E-state index in [1.54, 1.807) is 0 Å². The van der Waals surface area contributed by atoms with Crippen LogP contribution in [0.2, 0.25) is 5.02 Å². The van der Waals surface area contributed by atoms with Crippen LogP contribution in [-0.2, 0) is 0 Å². The van der Waals surface area contributed by atoms with Crippen LogP contribution in [0.1, 0.15) is 0 Å². The highest BCUT2D eigenvalue weighted by Gasteiger charge is 2.08. The molecule has 1 aromatic rings. The maximum absolute atomic E-state index is 12.7. The maximum Gasteiger partial charge on any atom is 0.162 e. The first-order valence-corrected chi connectivity index (χ1v) is 3.80. The highest BCUT2D eigenvalue weighted by Crippen LogP contribution is 2.30. The smallest absolute Gasteiger partial charge is 0.162 e. The molecule has 0 unspecified atom stereocenters. The molecule has 5 heteroatoms. The average molecular weight is 238 g/mol. The van der Waals surface area contributed by atoms with Gasteiger partial charge in [0, 0.05) is 4.47 Å². The SMILES string of the molecule is O=Nc1c(F)cc(Br)cc1Cl. The van der Waals surface area contributed by atoms with Gasteiger partial charge in [0.25, 0.3) is 0 Å².